The fourth-order valence-corrected chi connectivity index (χ4v) is 2.97. The van der Waals surface area contributed by atoms with Gasteiger partial charge < -0.3 is 15.4 Å². The van der Waals surface area contributed by atoms with Crippen LogP contribution in [0.15, 0.2) is 84.9 Å². The van der Waals surface area contributed by atoms with Crippen molar-refractivity contribution in [1.29, 1.82) is 0 Å². The van der Waals surface area contributed by atoms with Crippen LogP contribution in [0.1, 0.15) is 38.7 Å². The van der Waals surface area contributed by atoms with E-state index in [1.807, 2.05) is 36.4 Å². The first-order valence-corrected chi connectivity index (χ1v) is 9.46. The number of amides is 2. The third-order valence-electron chi connectivity index (χ3n) is 4.52. The van der Waals surface area contributed by atoms with Crippen LogP contribution in [-0.2, 0) is 9.53 Å². The zero-order valence-corrected chi connectivity index (χ0v) is 16.5. The molecule has 30 heavy (non-hydrogen) atoms. The molecule has 0 radical (unpaired) electrons. The normalized spacial score (nSPS) is 11.2. The molecule has 3 aromatic rings. The number of hydrogen-bond acceptors (Lipinski definition) is 4. The lowest BCUT2D eigenvalue weighted by Crippen LogP contribution is -2.31. The molecule has 0 aliphatic carbocycles. The summed E-state index contributed by atoms with van der Waals surface area (Å²) in [5.41, 5.74) is 2.30. The minimum atomic E-state index is -0.492. The van der Waals surface area contributed by atoms with Gasteiger partial charge in [0.05, 0.1) is 25.1 Å². The van der Waals surface area contributed by atoms with Crippen LogP contribution in [0.3, 0.4) is 0 Å². The van der Waals surface area contributed by atoms with Crippen molar-refractivity contribution in [1.82, 2.24) is 5.32 Å². The standard InChI is InChI=1S/C24H22N2O4/c1-30-24(29)19-12-14-20(15-13-19)25-22(27)16-21(17-8-4-2-5-9-17)26-23(28)18-10-6-3-7-11-18/h2-15,21H,16H2,1H3,(H,25,27)(H,26,28)/t21-/m0/s1. The first kappa shape index (κ1) is 20.8. The van der Waals surface area contributed by atoms with Gasteiger partial charge in [0.25, 0.3) is 5.91 Å². The van der Waals surface area contributed by atoms with Crippen molar-refractivity contribution in [2.45, 2.75) is 12.5 Å². The van der Waals surface area contributed by atoms with Crippen molar-refractivity contribution in [2.24, 2.45) is 0 Å². The molecule has 0 aromatic heterocycles. The Hall–Kier alpha value is -3.93. The highest BCUT2D eigenvalue weighted by Gasteiger charge is 2.19. The van der Waals surface area contributed by atoms with Gasteiger partial charge in [-0.2, -0.15) is 0 Å². The predicted molar refractivity (Wildman–Crippen MR) is 114 cm³/mol. The van der Waals surface area contributed by atoms with Crippen LogP contribution in [0.5, 0.6) is 0 Å². The number of carbonyl (C=O) groups excluding carboxylic acids is 3. The molecule has 0 spiro atoms. The maximum absolute atomic E-state index is 12.6. The second-order valence-electron chi connectivity index (χ2n) is 6.62. The van der Waals surface area contributed by atoms with Gasteiger partial charge in [0.15, 0.2) is 0 Å². The highest BCUT2D eigenvalue weighted by atomic mass is 16.5. The molecule has 152 valence electrons. The Morgan fingerprint density at radius 1 is 0.800 bits per heavy atom. The van der Waals surface area contributed by atoms with Gasteiger partial charge in [-0.25, -0.2) is 4.79 Å². The molecule has 2 N–H and O–H groups in total. The summed E-state index contributed by atoms with van der Waals surface area (Å²) in [5.74, 6) is -0.955. The fraction of sp³-hybridized carbons (Fsp3) is 0.125. The molecule has 0 saturated carbocycles. The Morgan fingerprint density at radius 3 is 2.00 bits per heavy atom. The van der Waals surface area contributed by atoms with Gasteiger partial charge in [-0.15, -0.1) is 0 Å². The van der Waals surface area contributed by atoms with E-state index in [-0.39, 0.29) is 18.2 Å². The number of nitrogens with one attached hydrogen (secondary N) is 2. The molecule has 6 nitrogen and oxygen atoms in total. The van der Waals surface area contributed by atoms with Gasteiger partial charge in [-0.05, 0) is 42.0 Å². The van der Waals surface area contributed by atoms with Crippen LogP contribution in [0.2, 0.25) is 0 Å². The molecular weight excluding hydrogens is 380 g/mol. The molecule has 0 saturated heterocycles. The Bertz CT molecular complexity index is 1000. The summed E-state index contributed by atoms with van der Waals surface area (Å²) >= 11 is 0. The summed E-state index contributed by atoms with van der Waals surface area (Å²) in [6.45, 7) is 0. The summed E-state index contributed by atoms with van der Waals surface area (Å²) in [4.78, 5) is 36.8. The lowest BCUT2D eigenvalue weighted by molar-refractivity contribution is -0.116. The average Bonchev–Trinajstić information content (AvgIpc) is 2.79. The minimum absolute atomic E-state index is 0.0569. The van der Waals surface area contributed by atoms with Crippen LogP contribution >= 0.6 is 0 Å². The van der Waals surface area contributed by atoms with E-state index >= 15 is 0 Å². The van der Waals surface area contributed by atoms with Crippen molar-refractivity contribution in [2.75, 3.05) is 12.4 Å². The SMILES string of the molecule is COC(=O)c1ccc(NC(=O)C[C@H](NC(=O)c2ccccc2)c2ccccc2)cc1. The van der Waals surface area contributed by atoms with Gasteiger partial charge in [0.2, 0.25) is 5.91 Å². The first-order valence-electron chi connectivity index (χ1n) is 9.46. The topological polar surface area (TPSA) is 84.5 Å². The summed E-state index contributed by atoms with van der Waals surface area (Å²) in [7, 11) is 1.31. The Morgan fingerprint density at radius 2 is 1.40 bits per heavy atom. The smallest absolute Gasteiger partial charge is 0.337 e. The van der Waals surface area contributed by atoms with Crippen LogP contribution in [0, 0.1) is 0 Å². The molecule has 0 aliphatic rings. The van der Waals surface area contributed by atoms with Crippen LogP contribution < -0.4 is 10.6 Å². The van der Waals surface area contributed by atoms with Gasteiger partial charge >= 0.3 is 5.97 Å². The highest BCUT2D eigenvalue weighted by Crippen LogP contribution is 2.19. The lowest BCUT2D eigenvalue weighted by atomic mass is 10.0. The quantitative estimate of drug-likeness (QED) is 0.586. The van der Waals surface area contributed by atoms with E-state index in [9.17, 15) is 14.4 Å². The number of rotatable bonds is 7. The monoisotopic (exact) mass is 402 g/mol. The summed E-state index contributed by atoms with van der Waals surface area (Å²) in [5, 5.41) is 5.73. The molecular formula is C24H22N2O4. The average molecular weight is 402 g/mol. The Kier molecular flexibility index (Phi) is 6.95. The molecule has 1 atom stereocenters. The number of ether oxygens (including phenoxy) is 1. The lowest BCUT2D eigenvalue weighted by Gasteiger charge is -2.19. The van der Waals surface area contributed by atoms with Crippen LogP contribution in [-0.4, -0.2) is 24.9 Å². The molecule has 3 aromatic carbocycles. The van der Waals surface area contributed by atoms with Crippen molar-refractivity contribution in [3.05, 3.63) is 102 Å². The molecule has 3 rings (SSSR count). The summed E-state index contributed by atoms with van der Waals surface area (Å²) < 4.78 is 4.67. The van der Waals surface area contributed by atoms with E-state index in [2.05, 4.69) is 15.4 Å². The van der Waals surface area contributed by atoms with E-state index in [0.717, 1.165) is 5.56 Å². The molecule has 0 bridgehead atoms. The van der Waals surface area contributed by atoms with Crippen molar-refractivity contribution in [3.63, 3.8) is 0 Å². The predicted octanol–water partition coefficient (Wildman–Crippen LogP) is 3.97. The number of hydrogen-bond donors (Lipinski definition) is 2. The van der Waals surface area contributed by atoms with E-state index in [0.29, 0.717) is 16.8 Å². The van der Waals surface area contributed by atoms with E-state index in [4.69, 9.17) is 0 Å². The summed E-state index contributed by atoms with van der Waals surface area (Å²) in [6.07, 6.45) is 0.0569. The number of carbonyl (C=O) groups is 3. The highest BCUT2D eigenvalue weighted by molar-refractivity contribution is 5.96. The minimum Gasteiger partial charge on any atom is -0.465 e. The first-order chi connectivity index (χ1) is 14.6. The van der Waals surface area contributed by atoms with Crippen molar-refractivity contribution < 1.29 is 19.1 Å². The fourth-order valence-electron chi connectivity index (χ4n) is 2.97. The number of benzene rings is 3. The second kappa shape index (κ2) is 10.0. The second-order valence-corrected chi connectivity index (χ2v) is 6.62. The van der Waals surface area contributed by atoms with Crippen molar-refractivity contribution in [3.8, 4) is 0 Å². The third kappa shape index (κ3) is 5.54. The Labute approximate surface area is 174 Å². The van der Waals surface area contributed by atoms with E-state index in [1.54, 1.807) is 48.5 Å². The number of esters is 1. The zero-order valence-electron chi connectivity index (χ0n) is 16.5. The molecule has 0 heterocycles. The third-order valence-corrected chi connectivity index (χ3v) is 4.52. The van der Waals surface area contributed by atoms with Crippen LogP contribution in [0.25, 0.3) is 0 Å². The Balaban J connectivity index is 1.70. The van der Waals surface area contributed by atoms with Gasteiger partial charge in [-0.1, -0.05) is 48.5 Å². The zero-order chi connectivity index (χ0) is 21.3. The van der Waals surface area contributed by atoms with E-state index in [1.165, 1.54) is 7.11 Å². The number of methoxy groups -OCH3 is 1. The van der Waals surface area contributed by atoms with Gasteiger partial charge in [-0.3, -0.25) is 9.59 Å². The number of anilines is 1. The summed E-state index contributed by atoms with van der Waals surface area (Å²) in [6, 6.07) is 24.1. The molecule has 0 aliphatic heterocycles. The molecule has 2 amide bonds. The van der Waals surface area contributed by atoms with Crippen LogP contribution in [0.4, 0.5) is 5.69 Å². The van der Waals surface area contributed by atoms with Gasteiger partial charge in [0.1, 0.15) is 0 Å². The molecule has 0 fully saturated rings. The largest absolute Gasteiger partial charge is 0.465 e. The van der Waals surface area contributed by atoms with Crippen molar-refractivity contribution >= 4 is 23.5 Å². The maximum Gasteiger partial charge on any atom is 0.337 e. The van der Waals surface area contributed by atoms with E-state index < -0.39 is 12.0 Å². The maximum atomic E-state index is 12.6. The molecule has 6 heteroatoms. The molecule has 0 unspecified atom stereocenters. The van der Waals surface area contributed by atoms with Gasteiger partial charge in [0, 0.05) is 11.3 Å².